The van der Waals surface area contributed by atoms with Gasteiger partial charge in [0.25, 0.3) is 0 Å². The van der Waals surface area contributed by atoms with Crippen LogP contribution in [0.3, 0.4) is 0 Å². The molecule has 0 N–H and O–H groups in total. The van der Waals surface area contributed by atoms with Crippen LogP contribution in [0.15, 0.2) is 24.3 Å². The summed E-state index contributed by atoms with van der Waals surface area (Å²) >= 11 is 3.58. The topological polar surface area (TPSA) is 0 Å². The van der Waals surface area contributed by atoms with Crippen molar-refractivity contribution >= 4 is 15.9 Å². The van der Waals surface area contributed by atoms with Crippen LogP contribution < -0.4 is 0 Å². The molecule has 0 radical (unpaired) electrons. The Balaban J connectivity index is 2.53. The van der Waals surface area contributed by atoms with Gasteiger partial charge in [0.1, 0.15) is 5.82 Å². The maximum atomic E-state index is 12.8. The molecule has 1 aromatic carbocycles. The summed E-state index contributed by atoms with van der Waals surface area (Å²) < 4.78 is 12.8. The van der Waals surface area contributed by atoms with Crippen molar-refractivity contribution in [3.05, 3.63) is 35.6 Å². The zero-order valence-corrected chi connectivity index (χ0v) is 9.35. The standard InChI is InChI=1S/C11H14BrF/c1-2-4-10(12)7-9-5-3-6-11(13)8-9/h3,5-6,8,10H,2,4,7H2,1H3. The van der Waals surface area contributed by atoms with Gasteiger partial charge in [-0.15, -0.1) is 0 Å². The third-order valence-electron chi connectivity index (χ3n) is 1.95. The maximum Gasteiger partial charge on any atom is 0.123 e. The molecule has 0 nitrogen and oxygen atoms in total. The first kappa shape index (κ1) is 10.7. The Hall–Kier alpha value is -0.370. The molecule has 0 bridgehead atoms. The molecule has 0 fully saturated rings. The Morgan fingerprint density at radius 1 is 1.46 bits per heavy atom. The van der Waals surface area contributed by atoms with E-state index >= 15 is 0 Å². The minimum Gasteiger partial charge on any atom is -0.207 e. The van der Waals surface area contributed by atoms with Crippen LogP contribution in [0, 0.1) is 5.82 Å². The van der Waals surface area contributed by atoms with Gasteiger partial charge in [-0.3, -0.25) is 0 Å². The molecular formula is C11H14BrF. The highest BCUT2D eigenvalue weighted by molar-refractivity contribution is 9.09. The van der Waals surface area contributed by atoms with Crippen molar-refractivity contribution in [2.24, 2.45) is 0 Å². The molecule has 0 spiro atoms. The molecule has 1 atom stereocenters. The fraction of sp³-hybridized carbons (Fsp3) is 0.455. The van der Waals surface area contributed by atoms with E-state index in [2.05, 4.69) is 22.9 Å². The first-order valence-electron chi connectivity index (χ1n) is 4.61. The summed E-state index contributed by atoms with van der Waals surface area (Å²) in [7, 11) is 0. The number of alkyl halides is 1. The Morgan fingerprint density at radius 3 is 2.85 bits per heavy atom. The van der Waals surface area contributed by atoms with Crippen molar-refractivity contribution in [1.29, 1.82) is 0 Å². The molecule has 0 saturated heterocycles. The second-order valence-corrected chi connectivity index (χ2v) is 4.51. The molecule has 2 heteroatoms. The second kappa shape index (κ2) is 5.38. The van der Waals surface area contributed by atoms with E-state index in [4.69, 9.17) is 0 Å². The van der Waals surface area contributed by atoms with Gasteiger partial charge in [-0.1, -0.05) is 41.4 Å². The molecular weight excluding hydrogens is 231 g/mol. The number of hydrogen-bond donors (Lipinski definition) is 0. The normalized spacial score (nSPS) is 12.8. The van der Waals surface area contributed by atoms with Gasteiger partial charge in [0.2, 0.25) is 0 Å². The third-order valence-corrected chi connectivity index (χ3v) is 2.73. The van der Waals surface area contributed by atoms with Gasteiger partial charge in [-0.25, -0.2) is 4.39 Å². The van der Waals surface area contributed by atoms with E-state index in [1.807, 2.05) is 6.07 Å². The fourth-order valence-corrected chi connectivity index (χ4v) is 2.17. The highest BCUT2D eigenvalue weighted by Gasteiger charge is 2.04. The quantitative estimate of drug-likeness (QED) is 0.705. The molecule has 1 aromatic rings. The smallest absolute Gasteiger partial charge is 0.123 e. The summed E-state index contributed by atoms with van der Waals surface area (Å²) in [5.41, 5.74) is 1.07. The molecule has 1 unspecified atom stereocenters. The van der Waals surface area contributed by atoms with E-state index in [1.165, 1.54) is 6.07 Å². The summed E-state index contributed by atoms with van der Waals surface area (Å²) in [6.07, 6.45) is 3.20. The molecule has 1 rings (SSSR count). The lowest BCUT2D eigenvalue weighted by molar-refractivity contribution is 0.624. The fourth-order valence-electron chi connectivity index (χ4n) is 1.33. The van der Waals surface area contributed by atoms with Gasteiger partial charge in [-0.2, -0.15) is 0 Å². The molecule has 0 aromatic heterocycles. The molecule has 0 aliphatic heterocycles. The largest absolute Gasteiger partial charge is 0.207 e. The summed E-state index contributed by atoms with van der Waals surface area (Å²) in [6, 6.07) is 6.81. The van der Waals surface area contributed by atoms with Crippen LogP contribution in [0.4, 0.5) is 4.39 Å². The van der Waals surface area contributed by atoms with Crippen LogP contribution in [-0.2, 0) is 6.42 Å². The van der Waals surface area contributed by atoms with E-state index in [9.17, 15) is 4.39 Å². The SMILES string of the molecule is CCCC(Br)Cc1cccc(F)c1. The summed E-state index contributed by atoms with van der Waals surface area (Å²) in [5, 5.41) is 0. The monoisotopic (exact) mass is 244 g/mol. The number of hydrogen-bond acceptors (Lipinski definition) is 0. The first-order chi connectivity index (χ1) is 6.22. The number of rotatable bonds is 4. The molecule has 0 amide bonds. The predicted octanol–water partition coefficient (Wildman–Crippen LogP) is 3.93. The molecule has 0 saturated carbocycles. The van der Waals surface area contributed by atoms with E-state index in [0.717, 1.165) is 24.8 Å². The average Bonchev–Trinajstić information content (AvgIpc) is 2.04. The van der Waals surface area contributed by atoms with Crippen LogP contribution >= 0.6 is 15.9 Å². The summed E-state index contributed by atoms with van der Waals surface area (Å²) in [6.45, 7) is 2.15. The summed E-state index contributed by atoms with van der Waals surface area (Å²) in [5.74, 6) is -0.145. The maximum absolute atomic E-state index is 12.8. The Morgan fingerprint density at radius 2 is 2.23 bits per heavy atom. The van der Waals surface area contributed by atoms with Crippen molar-refractivity contribution in [2.75, 3.05) is 0 Å². The van der Waals surface area contributed by atoms with Gasteiger partial charge >= 0.3 is 0 Å². The minimum absolute atomic E-state index is 0.145. The zero-order chi connectivity index (χ0) is 9.68. The van der Waals surface area contributed by atoms with Gasteiger partial charge < -0.3 is 0 Å². The van der Waals surface area contributed by atoms with Crippen molar-refractivity contribution in [3.8, 4) is 0 Å². The summed E-state index contributed by atoms with van der Waals surface area (Å²) in [4.78, 5) is 0.472. The molecule has 0 aliphatic carbocycles. The van der Waals surface area contributed by atoms with Gasteiger partial charge in [0.05, 0.1) is 0 Å². The highest BCUT2D eigenvalue weighted by Crippen LogP contribution is 2.15. The van der Waals surface area contributed by atoms with Crippen molar-refractivity contribution in [3.63, 3.8) is 0 Å². The Bertz CT molecular complexity index is 260. The number of halogens is 2. The minimum atomic E-state index is -0.145. The Labute approximate surface area is 87.3 Å². The van der Waals surface area contributed by atoms with Crippen molar-refractivity contribution < 1.29 is 4.39 Å². The zero-order valence-electron chi connectivity index (χ0n) is 7.76. The molecule has 0 heterocycles. The van der Waals surface area contributed by atoms with Gasteiger partial charge in [-0.05, 0) is 30.5 Å². The van der Waals surface area contributed by atoms with Crippen LogP contribution in [0.5, 0.6) is 0 Å². The molecule has 72 valence electrons. The van der Waals surface area contributed by atoms with Crippen LogP contribution in [-0.4, -0.2) is 4.83 Å². The van der Waals surface area contributed by atoms with Crippen molar-refractivity contribution in [1.82, 2.24) is 0 Å². The van der Waals surface area contributed by atoms with Crippen LogP contribution in [0.1, 0.15) is 25.3 Å². The van der Waals surface area contributed by atoms with Crippen molar-refractivity contribution in [2.45, 2.75) is 31.0 Å². The van der Waals surface area contributed by atoms with Gasteiger partial charge in [0.15, 0.2) is 0 Å². The van der Waals surface area contributed by atoms with E-state index in [0.29, 0.717) is 4.83 Å². The lowest BCUT2D eigenvalue weighted by Crippen LogP contribution is -2.01. The van der Waals surface area contributed by atoms with E-state index in [1.54, 1.807) is 12.1 Å². The van der Waals surface area contributed by atoms with Crippen LogP contribution in [0.25, 0.3) is 0 Å². The van der Waals surface area contributed by atoms with E-state index < -0.39 is 0 Å². The average molecular weight is 245 g/mol. The highest BCUT2D eigenvalue weighted by atomic mass is 79.9. The first-order valence-corrected chi connectivity index (χ1v) is 5.52. The van der Waals surface area contributed by atoms with Crippen LogP contribution in [0.2, 0.25) is 0 Å². The van der Waals surface area contributed by atoms with E-state index in [-0.39, 0.29) is 5.82 Å². The second-order valence-electron chi connectivity index (χ2n) is 3.22. The molecule has 0 aliphatic rings. The van der Waals surface area contributed by atoms with Gasteiger partial charge in [0, 0.05) is 4.83 Å². The Kier molecular flexibility index (Phi) is 4.43. The number of benzene rings is 1. The molecule has 13 heavy (non-hydrogen) atoms. The third kappa shape index (κ3) is 3.90. The lowest BCUT2D eigenvalue weighted by atomic mass is 10.1. The predicted molar refractivity (Wildman–Crippen MR) is 57.7 cm³/mol. The lowest BCUT2D eigenvalue weighted by Gasteiger charge is -2.07.